The van der Waals surface area contributed by atoms with Crippen molar-refractivity contribution in [2.45, 2.75) is 28.9 Å². The lowest BCUT2D eigenvalue weighted by Crippen LogP contribution is -2.10. The Hall–Kier alpha value is -1.41. The van der Waals surface area contributed by atoms with Crippen molar-refractivity contribution in [2.75, 3.05) is 0 Å². The van der Waals surface area contributed by atoms with Gasteiger partial charge in [-0.15, -0.1) is 5.10 Å². The molecule has 3 rings (SSSR count). The molecule has 1 aliphatic carbocycles. The monoisotopic (exact) mass is 338 g/mol. The Bertz CT molecular complexity index is 636. The highest BCUT2D eigenvalue weighted by molar-refractivity contribution is 9.10. The zero-order chi connectivity index (χ0) is 13.4. The first kappa shape index (κ1) is 12.6. The fourth-order valence-corrected chi connectivity index (χ4v) is 3.12. The fourth-order valence-electron chi connectivity index (χ4n) is 1.65. The Morgan fingerprint density at radius 2 is 2.26 bits per heavy atom. The highest BCUT2D eigenvalue weighted by Gasteiger charge is 2.28. The van der Waals surface area contributed by atoms with Crippen LogP contribution in [-0.2, 0) is 0 Å². The van der Waals surface area contributed by atoms with Crippen LogP contribution in [0.3, 0.4) is 0 Å². The van der Waals surface area contributed by atoms with E-state index in [-0.39, 0.29) is 5.84 Å². The summed E-state index contributed by atoms with van der Waals surface area (Å²) in [5.74, 6) is 0.0556. The summed E-state index contributed by atoms with van der Waals surface area (Å²) in [6.07, 6.45) is 2.28. The van der Waals surface area contributed by atoms with E-state index in [1.54, 1.807) is 0 Å². The molecule has 0 atom stereocenters. The Kier molecular flexibility index (Phi) is 3.28. The molecule has 3 N–H and O–H groups in total. The number of nitrogen functional groups attached to an aromatic ring is 1. The molecule has 1 fully saturated rings. The van der Waals surface area contributed by atoms with Crippen molar-refractivity contribution in [2.24, 2.45) is 5.73 Å². The van der Waals surface area contributed by atoms with Crippen molar-refractivity contribution in [3.05, 3.63) is 28.2 Å². The van der Waals surface area contributed by atoms with Crippen molar-refractivity contribution < 1.29 is 0 Å². The number of rotatable bonds is 4. The second kappa shape index (κ2) is 4.93. The third kappa shape index (κ3) is 2.64. The predicted molar refractivity (Wildman–Crippen MR) is 75.4 cm³/mol. The number of aromatic nitrogens is 4. The van der Waals surface area contributed by atoms with Gasteiger partial charge in [0.25, 0.3) is 0 Å². The quantitative estimate of drug-likeness (QED) is 0.658. The van der Waals surface area contributed by atoms with E-state index >= 15 is 0 Å². The Labute approximate surface area is 122 Å². The smallest absolute Gasteiger partial charge is 0.214 e. The summed E-state index contributed by atoms with van der Waals surface area (Å²) in [6, 6.07) is 6.02. The van der Waals surface area contributed by atoms with Crippen molar-refractivity contribution in [1.29, 1.82) is 5.41 Å². The number of nitrogens with two attached hydrogens (primary N) is 1. The summed E-state index contributed by atoms with van der Waals surface area (Å²) in [5.41, 5.74) is 6.15. The molecule has 0 radical (unpaired) electrons. The number of amidine groups is 1. The average Bonchev–Trinajstić information content (AvgIpc) is 3.12. The Morgan fingerprint density at radius 1 is 1.47 bits per heavy atom. The van der Waals surface area contributed by atoms with Gasteiger partial charge in [0.2, 0.25) is 5.16 Å². The summed E-state index contributed by atoms with van der Waals surface area (Å²) in [6.45, 7) is 0. The normalized spacial score (nSPS) is 14.6. The zero-order valence-electron chi connectivity index (χ0n) is 9.88. The number of nitrogens with zero attached hydrogens (tertiary/aromatic N) is 4. The molecule has 1 aromatic carbocycles. The van der Waals surface area contributed by atoms with Crippen LogP contribution in [0.4, 0.5) is 0 Å². The van der Waals surface area contributed by atoms with E-state index in [4.69, 9.17) is 11.1 Å². The molecule has 0 spiro atoms. The van der Waals surface area contributed by atoms with Crippen LogP contribution in [0.2, 0.25) is 0 Å². The van der Waals surface area contributed by atoms with Gasteiger partial charge in [-0.3, -0.25) is 5.41 Å². The first-order chi connectivity index (χ1) is 9.15. The lowest BCUT2D eigenvalue weighted by atomic mass is 10.2. The van der Waals surface area contributed by atoms with Crippen molar-refractivity contribution in [1.82, 2.24) is 20.2 Å². The van der Waals surface area contributed by atoms with Crippen LogP contribution in [0, 0.1) is 5.41 Å². The van der Waals surface area contributed by atoms with Crippen LogP contribution in [0.15, 0.2) is 32.7 Å². The van der Waals surface area contributed by atoms with Gasteiger partial charge in [0.15, 0.2) is 0 Å². The molecule has 0 bridgehead atoms. The van der Waals surface area contributed by atoms with Gasteiger partial charge in [0, 0.05) is 14.9 Å². The molecule has 0 aliphatic heterocycles. The third-order valence-electron chi connectivity index (χ3n) is 2.80. The number of hydrogen-bond donors (Lipinski definition) is 2. The summed E-state index contributed by atoms with van der Waals surface area (Å²) >= 11 is 4.99. The lowest BCUT2D eigenvalue weighted by Gasteiger charge is -2.06. The molecule has 8 heteroatoms. The van der Waals surface area contributed by atoms with E-state index < -0.39 is 0 Å². The minimum absolute atomic E-state index is 0.0556. The van der Waals surface area contributed by atoms with Gasteiger partial charge in [0.1, 0.15) is 5.84 Å². The minimum Gasteiger partial charge on any atom is -0.384 e. The van der Waals surface area contributed by atoms with E-state index in [0.29, 0.717) is 11.6 Å². The Balaban J connectivity index is 1.86. The van der Waals surface area contributed by atoms with Crippen LogP contribution in [0.25, 0.3) is 0 Å². The van der Waals surface area contributed by atoms with E-state index in [0.717, 1.165) is 27.4 Å². The standard InChI is InChI=1S/C11H11BrN6S/c12-8-5-6(10(13)14)1-4-9(8)19-11-15-16-17-18(11)7-2-3-7/h1,4-5,7H,2-3H2,(H3,13,14). The maximum atomic E-state index is 7.41. The molecule has 1 heterocycles. The summed E-state index contributed by atoms with van der Waals surface area (Å²) in [5, 5.41) is 20.0. The van der Waals surface area contributed by atoms with Crippen LogP contribution in [0.1, 0.15) is 24.4 Å². The van der Waals surface area contributed by atoms with Crippen LogP contribution in [-0.4, -0.2) is 26.0 Å². The molecule has 6 nitrogen and oxygen atoms in total. The molecule has 2 aromatic rings. The molecule has 1 aromatic heterocycles. The third-order valence-corrected chi connectivity index (χ3v) is 4.75. The van der Waals surface area contributed by atoms with Crippen LogP contribution >= 0.6 is 27.7 Å². The maximum absolute atomic E-state index is 7.41. The van der Waals surface area contributed by atoms with Gasteiger partial charge < -0.3 is 5.73 Å². The molecular formula is C11H11BrN6S. The average molecular weight is 339 g/mol. The first-order valence-corrected chi connectivity index (χ1v) is 7.36. The van der Waals surface area contributed by atoms with Gasteiger partial charge in [-0.1, -0.05) is 6.07 Å². The van der Waals surface area contributed by atoms with Gasteiger partial charge in [-0.2, -0.15) is 0 Å². The summed E-state index contributed by atoms with van der Waals surface area (Å²) < 4.78 is 2.76. The second-order valence-corrected chi connectivity index (χ2v) is 6.16. The lowest BCUT2D eigenvalue weighted by molar-refractivity contribution is 0.565. The molecule has 98 valence electrons. The maximum Gasteiger partial charge on any atom is 0.214 e. The summed E-state index contributed by atoms with van der Waals surface area (Å²) in [4.78, 5) is 1.00. The van der Waals surface area contributed by atoms with Crippen molar-refractivity contribution in [3.8, 4) is 0 Å². The number of hydrogen-bond acceptors (Lipinski definition) is 5. The highest BCUT2D eigenvalue weighted by atomic mass is 79.9. The van der Waals surface area contributed by atoms with E-state index in [2.05, 4.69) is 31.5 Å². The first-order valence-electron chi connectivity index (χ1n) is 5.75. The van der Waals surface area contributed by atoms with Crippen molar-refractivity contribution >= 4 is 33.5 Å². The topological polar surface area (TPSA) is 93.5 Å². The van der Waals surface area contributed by atoms with E-state index in [1.165, 1.54) is 11.8 Å². The van der Waals surface area contributed by atoms with Gasteiger partial charge >= 0.3 is 0 Å². The predicted octanol–water partition coefficient (Wildman–Crippen LogP) is 2.21. The zero-order valence-corrected chi connectivity index (χ0v) is 12.3. The number of benzene rings is 1. The van der Waals surface area contributed by atoms with Crippen LogP contribution < -0.4 is 5.73 Å². The molecule has 1 saturated carbocycles. The second-order valence-electron chi connectivity index (χ2n) is 4.30. The fraction of sp³-hybridized carbons (Fsp3) is 0.273. The SMILES string of the molecule is N=C(N)c1ccc(Sc2nnnn2C2CC2)c(Br)c1. The number of halogens is 1. The van der Waals surface area contributed by atoms with Gasteiger partial charge in [-0.05, 0) is 63.1 Å². The minimum atomic E-state index is 0.0556. The number of tetrazole rings is 1. The molecular weight excluding hydrogens is 328 g/mol. The van der Waals surface area contributed by atoms with Gasteiger partial charge in [0.05, 0.1) is 6.04 Å². The Morgan fingerprint density at radius 3 is 2.89 bits per heavy atom. The number of nitrogens with one attached hydrogen (secondary N) is 1. The molecule has 1 aliphatic rings. The summed E-state index contributed by atoms with van der Waals surface area (Å²) in [7, 11) is 0. The largest absolute Gasteiger partial charge is 0.384 e. The van der Waals surface area contributed by atoms with E-state index in [1.807, 2.05) is 22.9 Å². The molecule has 19 heavy (non-hydrogen) atoms. The highest BCUT2D eigenvalue weighted by Crippen LogP contribution is 2.39. The molecule has 0 saturated heterocycles. The molecule has 0 amide bonds. The molecule has 0 unspecified atom stereocenters. The van der Waals surface area contributed by atoms with E-state index in [9.17, 15) is 0 Å². The van der Waals surface area contributed by atoms with Crippen molar-refractivity contribution in [3.63, 3.8) is 0 Å². The van der Waals surface area contributed by atoms with Crippen LogP contribution in [0.5, 0.6) is 0 Å². The van der Waals surface area contributed by atoms with Gasteiger partial charge in [-0.25, -0.2) is 4.68 Å².